The molecule has 37 heavy (non-hydrogen) atoms. The number of fused-ring (bicyclic) bond motifs is 3. The van der Waals surface area contributed by atoms with Crippen LogP contribution in [0.4, 0.5) is 4.79 Å². The first-order valence-corrected chi connectivity index (χ1v) is 14.2. The smallest absolute Gasteiger partial charge is 0.408 e. The molecule has 0 bridgehead atoms. The van der Waals surface area contributed by atoms with Gasteiger partial charge in [0, 0.05) is 12.2 Å². The maximum Gasteiger partial charge on any atom is 0.408 e. The average molecular weight is 520 g/mol. The molecule has 0 aromatic carbocycles. The third-order valence-electron chi connectivity index (χ3n) is 8.42. The van der Waals surface area contributed by atoms with E-state index in [9.17, 15) is 14.4 Å². The summed E-state index contributed by atoms with van der Waals surface area (Å²) in [6.45, 7) is 14.9. The molecule has 210 valence electrons. The van der Waals surface area contributed by atoms with Gasteiger partial charge >= 0.3 is 12.1 Å². The highest BCUT2D eigenvalue weighted by Gasteiger charge is 2.68. The molecule has 2 unspecified atom stereocenters. The summed E-state index contributed by atoms with van der Waals surface area (Å²) >= 11 is 0. The van der Waals surface area contributed by atoms with E-state index in [1.165, 1.54) is 7.11 Å². The van der Waals surface area contributed by atoms with Crippen molar-refractivity contribution in [2.75, 3.05) is 13.7 Å². The Labute approximate surface area is 223 Å². The SMILES string of the molecule is C=C1N[C@H](C(=O)OC)CCCCCCCCCC[C@H](NC(=O)OC(C)(C)C)C(=O)N2CC3C([C@@H]12)C3(C)C. The van der Waals surface area contributed by atoms with E-state index < -0.39 is 23.8 Å². The Hall–Kier alpha value is -2.25. The number of ether oxygens (including phenoxy) is 2. The summed E-state index contributed by atoms with van der Waals surface area (Å²) in [5.74, 6) is 0.232. The second-order valence-corrected chi connectivity index (χ2v) is 12.7. The lowest BCUT2D eigenvalue weighted by atomic mass is 9.97. The first-order valence-electron chi connectivity index (χ1n) is 14.2. The molecule has 2 N–H and O–H groups in total. The topological polar surface area (TPSA) is 97.0 Å². The van der Waals surface area contributed by atoms with Crippen LogP contribution in [0.5, 0.6) is 0 Å². The van der Waals surface area contributed by atoms with Gasteiger partial charge in [-0.1, -0.05) is 71.8 Å². The molecule has 2 aliphatic heterocycles. The van der Waals surface area contributed by atoms with Crippen LogP contribution >= 0.6 is 0 Å². The lowest BCUT2D eigenvalue weighted by Crippen LogP contribution is -2.54. The molecule has 3 rings (SSSR count). The van der Waals surface area contributed by atoms with Crippen LogP contribution < -0.4 is 10.6 Å². The standard InChI is InChI=1S/C29H49N3O5/c1-19-24-23-20(29(23,5)6)18-32(24)25(33)21(31-27(35)37-28(2,3)4)16-14-12-10-8-9-11-13-15-17-22(30-19)26(34)36-7/h20-24,30H,1,8-18H2,2-7H3,(H,31,35)/t20?,21-,22-,23?,24+/m0/s1. The summed E-state index contributed by atoms with van der Waals surface area (Å²) in [5, 5.41) is 6.24. The van der Waals surface area contributed by atoms with E-state index in [-0.39, 0.29) is 29.3 Å². The normalized spacial score (nSPS) is 31.3. The van der Waals surface area contributed by atoms with Crippen molar-refractivity contribution in [3.63, 3.8) is 0 Å². The molecule has 8 heteroatoms. The van der Waals surface area contributed by atoms with Gasteiger partial charge < -0.3 is 25.0 Å². The van der Waals surface area contributed by atoms with Gasteiger partial charge in [-0.3, -0.25) is 4.79 Å². The molecule has 3 fully saturated rings. The Morgan fingerprint density at radius 1 is 1.03 bits per heavy atom. The molecule has 3 aliphatic rings. The fourth-order valence-corrected chi connectivity index (χ4v) is 6.28. The Bertz CT molecular complexity index is 849. The van der Waals surface area contributed by atoms with E-state index in [4.69, 9.17) is 9.47 Å². The number of hydrogen-bond donors (Lipinski definition) is 2. The second kappa shape index (κ2) is 12.1. The van der Waals surface area contributed by atoms with Gasteiger partial charge in [0.1, 0.15) is 17.7 Å². The number of nitrogens with one attached hydrogen (secondary N) is 2. The number of alkyl carbamates (subject to hydrolysis) is 1. The zero-order chi connectivity index (χ0) is 27.4. The van der Waals surface area contributed by atoms with Crippen molar-refractivity contribution in [3.8, 4) is 0 Å². The zero-order valence-electron chi connectivity index (χ0n) is 23.9. The van der Waals surface area contributed by atoms with Crippen LogP contribution in [-0.2, 0) is 19.1 Å². The van der Waals surface area contributed by atoms with Gasteiger partial charge in [-0.25, -0.2) is 9.59 Å². The van der Waals surface area contributed by atoms with Crippen molar-refractivity contribution in [1.29, 1.82) is 0 Å². The average Bonchev–Trinajstić information content (AvgIpc) is 3.15. The molecule has 0 aromatic heterocycles. The van der Waals surface area contributed by atoms with Gasteiger partial charge in [-0.15, -0.1) is 0 Å². The number of amides is 2. The molecule has 2 saturated heterocycles. The Balaban J connectivity index is 1.84. The van der Waals surface area contributed by atoms with Crippen LogP contribution in [0.25, 0.3) is 0 Å². The number of rotatable bonds is 2. The molecular weight excluding hydrogens is 470 g/mol. The van der Waals surface area contributed by atoms with Crippen molar-refractivity contribution in [2.24, 2.45) is 17.3 Å². The van der Waals surface area contributed by atoms with Crippen LogP contribution in [-0.4, -0.2) is 60.3 Å². The van der Waals surface area contributed by atoms with Crippen molar-refractivity contribution in [2.45, 2.75) is 123 Å². The van der Waals surface area contributed by atoms with E-state index in [0.29, 0.717) is 31.0 Å². The van der Waals surface area contributed by atoms with E-state index >= 15 is 0 Å². The molecule has 2 heterocycles. The summed E-state index contributed by atoms with van der Waals surface area (Å²) in [4.78, 5) is 41.1. The molecule has 8 nitrogen and oxygen atoms in total. The number of methoxy groups -OCH3 is 1. The van der Waals surface area contributed by atoms with Crippen molar-refractivity contribution in [1.82, 2.24) is 15.5 Å². The first-order chi connectivity index (χ1) is 17.4. The Morgan fingerprint density at radius 2 is 1.59 bits per heavy atom. The molecule has 0 radical (unpaired) electrons. The van der Waals surface area contributed by atoms with Gasteiger partial charge in [-0.05, 0) is 50.9 Å². The third kappa shape index (κ3) is 7.41. The lowest BCUT2D eigenvalue weighted by molar-refractivity contribution is -0.143. The van der Waals surface area contributed by atoms with E-state index in [1.807, 2.05) is 25.7 Å². The third-order valence-corrected chi connectivity index (χ3v) is 8.42. The molecule has 1 saturated carbocycles. The summed E-state index contributed by atoms with van der Waals surface area (Å²) in [6.07, 6.45) is 9.16. The monoisotopic (exact) mass is 519 g/mol. The van der Waals surface area contributed by atoms with Crippen LogP contribution in [0.2, 0.25) is 0 Å². The van der Waals surface area contributed by atoms with Crippen LogP contribution in [0.1, 0.15) is 98.8 Å². The molecule has 5 atom stereocenters. The van der Waals surface area contributed by atoms with Gasteiger partial charge in [-0.2, -0.15) is 0 Å². The molecule has 0 aromatic rings. The molecule has 1 aliphatic carbocycles. The van der Waals surface area contributed by atoms with Crippen molar-refractivity contribution < 1.29 is 23.9 Å². The molecule has 0 spiro atoms. The minimum absolute atomic E-state index is 0.0965. The van der Waals surface area contributed by atoms with Crippen molar-refractivity contribution >= 4 is 18.0 Å². The predicted octanol–water partition coefficient (Wildman–Crippen LogP) is 4.92. The van der Waals surface area contributed by atoms with Gasteiger partial charge in [0.15, 0.2) is 0 Å². The number of nitrogens with zero attached hydrogens (tertiary/aromatic N) is 1. The van der Waals surface area contributed by atoms with E-state index in [1.54, 1.807) is 0 Å². The summed E-state index contributed by atoms with van der Waals surface area (Å²) in [5.41, 5.74) is 0.134. The predicted molar refractivity (Wildman–Crippen MR) is 144 cm³/mol. The van der Waals surface area contributed by atoms with Crippen LogP contribution in [0, 0.1) is 17.3 Å². The Kier molecular flexibility index (Phi) is 9.57. The second-order valence-electron chi connectivity index (χ2n) is 12.7. The quantitative estimate of drug-likeness (QED) is 0.503. The van der Waals surface area contributed by atoms with Crippen molar-refractivity contribution in [3.05, 3.63) is 12.3 Å². The minimum atomic E-state index is -0.655. The van der Waals surface area contributed by atoms with E-state index in [2.05, 4.69) is 31.1 Å². The minimum Gasteiger partial charge on any atom is -0.467 e. The van der Waals surface area contributed by atoms with Gasteiger partial charge in [0.2, 0.25) is 5.91 Å². The fourth-order valence-electron chi connectivity index (χ4n) is 6.28. The number of carbonyl (C=O) groups is 3. The number of esters is 1. The maximum absolute atomic E-state index is 14.0. The number of carbonyl (C=O) groups excluding carboxylic acids is 3. The van der Waals surface area contributed by atoms with Crippen LogP contribution in [0.3, 0.4) is 0 Å². The molecule has 2 amide bonds. The number of piperidine rings is 1. The maximum atomic E-state index is 14.0. The zero-order valence-corrected chi connectivity index (χ0v) is 23.9. The Morgan fingerprint density at radius 3 is 2.16 bits per heavy atom. The first kappa shape index (κ1) is 29.3. The highest BCUT2D eigenvalue weighted by Crippen LogP contribution is 2.65. The largest absolute Gasteiger partial charge is 0.467 e. The summed E-state index contributed by atoms with van der Waals surface area (Å²) in [7, 11) is 1.41. The highest BCUT2D eigenvalue weighted by atomic mass is 16.6. The summed E-state index contributed by atoms with van der Waals surface area (Å²) in [6, 6.07) is -1.38. The summed E-state index contributed by atoms with van der Waals surface area (Å²) < 4.78 is 10.6. The van der Waals surface area contributed by atoms with Gasteiger partial charge in [0.05, 0.1) is 13.2 Å². The molecular formula is C29H49N3O5. The highest BCUT2D eigenvalue weighted by molar-refractivity contribution is 5.87. The van der Waals surface area contributed by atoms with Gasteiger partial charge in [0.25, 0.3) is 0 Å². The lowest BCUT2D eigenvalue weighted by Gasteiger charge is -2.36. The van der Waals surface area contributed by atoms with E-state index in [0.717, 1.165) is 51.4 Å². The fraction of sp³-hybridized carbons (Fsp3) is 0.828. The number of hydrogen-bond acceptors (Lipinski definition) is 6. The van der Waals surface area contributed by atoms with Crippen LogP contribution in [0.15, 0.2) is 12.3 Å².